The van der Waals surface area contributed by atoms with Crippen LogP contribution in [0, 0.1) is 6.92 Å². The number of carbonyl (C=O) groups excluding carboxylic acids is 1. The van der Waals surface area contributed by atoms with Crippen molar-refractivity contribution in [1.29, 1.82) is 0 Å². The zero-order valence-electron chi connectivity index (χ0n) is 19.6. The Bertz CT molecular complexity index is 1180. The van der Waals surface area contributed by atoms with Crippen molar-refractivity contribution in [3.05, 3.63) is 69.8 Å². The molecule has 3 N–H and O–H groups in total. The maximum atomic E-state index is 14.2. The average Bonchev–Trinajstić information content (AvgIpc) is 3.20. The van der Waals surface area contributed by atoms with Crippen molar-refractivity contribution in [3.8, 4) is 5.75 Å². The Morgan fingerprint density at radius 3 is 2.43 bits per heavy atom. The molecule has 0 amide bonds. The van der Waals surface area contributed by atoms with Crippen LogP contribution in [0.25, 0.3) is 0 Å². The van der Waals surface area contributed by atoms with Gasteiger partial charge in [-0.15, -0.1) is 0 Å². The highest BCUT2D eigenvalue weighted by Crippen LogP contribution is 2.43. The van der Waals surface area contributed by atoms with Gasteiger partial charge >= 0.3 is 18.1 Å². The van der Waals surface area contributed by atoms with E-state index in [4.69, 9.17) is 9.47 Å². The zero-order valence-corrected chi connectivity index (χ0v) is 19.6. The normalized spacial score (nSPS) is 16.2. The molecule has 2 atom stereocenters. The molecular weight excluding hydrogens is 467 g/mol. The summed E-state index contributed by atoms with van der Waals surface area (Å²) in [5, 5.41) is 23.6. The van der Waals surface area contributed by atoms with E-state index in [-0.39, 0.29) is 34.7 Å². The number of nitrogens with one attached hydrogen (secondary N) is 1. The monoisotopic (exact) mass is 493 g/mol. The van der Waals surface area contributed by atoms with Crippen molar-refractivity contribution in [2.75, 3.05) is 19.5 Å². The summed E-state index contributed by atoms with van der Waals surface area (Å²) in [7, 11) is 2.87. The molecule has 0 saturated heterocycles. The fraction of sp³-hybridized carbons (Fsp3) is 0.360. The summed E-state index contributed by atoms with van der Waals surface area (Å²) in [6, 6.07) is 7.25. The van der Waals surface area contributed by atoms with Gasteiger partial charge in [-0.2, -0.15) is 13.2 Å². The molecule has 0 fully saturated rings. The second-order valence-corrected chi connectivity index (χ2v) is 8.33. The third-order valence-corrected chi connectivity index (χ3v) is 6.44. The molecule has 0 radical (unpaired) electrons. The van der Waals surface area contributed by atoms with Crippen molar-refractivity contribution in [2.45, 2.75) is 44.6 Å². The van der Waals surface area contributed by atoms with E-state index < -0.39 is 41.6 Å². The van der Waals surface area contributed by atoms with Gasteiger partial charge < -0.3 is 25.0 Å². The number of aliphatic carboxylic acids is 1. The number of ether oxygens (including phenoxy) is 2. The fourth-order valence-corrected chi connectivity index (χ4v) is 4.42. The molecule has 0 spiro atoms. The predicted molar refractivity (Wildman–Crippen MR) is 122 cm³/mol. The zero-order chi connectivity index (χ0) is 26.1. The lowest BCUT2D eigenvalue weighted by molar-refractivity contribution is -0.150. The van der Waals surface area contributed by atoms with E-state index in [1.54, 1.807) is 13.0 Å². The molecule has 35 heavy (non-hydrogen) atoms. The Kier molecular flexibility index (Phi) is 7.16. The van der Waals surface area contributed by atoms with E-state index >= 15 is 0 Å². The summed E-state index contributed by atoms with van der Waals surface area (Å²) < 4.78 is 53.1. The maximum Gasteiger partial charge on any atom is 0.414 e. The summed E-state index contributed by atoms with van der Waals surface area (Å²) in [5.41, 5.74) is -1.86. The molecule has 3 rings (SSSR count). The molecule has 0 saturated carbocycles. The van der Waals surface area contributed by atoms with Crippen LogP contribution in [0.5, 0.6) is 5.75 Å². The number of hydrogen-bond donors (Lipinski definition) is 3. The number of cyclic esters (lactones) is 1. The molecule has 1 aliphatic rings. The summed E-state index contributed by atoms with van der Waals surface area (Å²) >= 11 is 0. The first kappa shape index (κ1) is 26.1. The summed E-state index contributed by atoms with van der Waals surface area (Å²) in [5.74, 6) is -1.96. The number of fused-ring (bicyclic) bond motifs is 1. The first-order chi connectivity index (χ1) is 16.4. The van der Waals surface area contributed by atoms with Gasteiger partial charge in [0.15, 0.2) is 0 Å². The molecule has 2 aromatic carbocycles. The molecule has 188 valence electrons. The topological polar surface area (TPSA) is 105 Å². The molecule has 0 aromatic heterocycles. The van der Waals surface area contributed by atoms with E-state index in [1.165, 1.54) is 38.4 Å². The van der Waals surface area contributed by atoms with Crippen LogP contribution < -0.4 is 10.1 Å². The number of methoxy groups -OCH3 is 1. The van der Waals surface area contributed by atoms with Crippen LogP contribution in [0.1, 0.15) is 39.5 Å². The molecule has 10 heteroatoms. The molecule has 0 aliphatic carbocycles. The van der Waals surface area contributed by atoms with Crippen LogP contribution in [0.2, 0.25) is 0 Å². The number of aliphatic hydroxyl groups excluding tert-OH is 1. The molecular formula is C25H26F3NO6. The fourth-order valence-electron chi connectivity index (χ4n) is 4.42. The van der Waals surface area contributed by atoms with Gasteiger partial charge in [-0.1, -0.05) is 36.4 Å². The third-order valence-electron chi connectivity index (χ3n) is 6.44. The SMILES string of the molecule is CNc1c(C/C=C(/C(O)C(C)(C(=O)O)c2ccccc2)C(F)(F)F)c(OC)c(C)c2c1C(=O)OC2. The molecule has 2 aromatic rings. The second-order valence-electron chi connectivity index (χ2n) is 8.33. The van der Waals surface area contributed by atoms with Crippen LogP contribution in [-0.4, -0.2) is 48.6 Å². The quantitative estimate of drug-likeness (QED) is 0.375. The average molecular weight is 493 g/mol. The highest BCUT2D eigenvalue weighted by atomic mass is 19.4. The number of hydrogen-bond acceptors (Lipinski definition) is 6. The Labute approximate surface area is 200 Å². The van der Waals surface area contributed by atoms with Crippen molar-refractivity contribution in [2.24, 2.45) is 0 Å². The lowest BCUT2D eigenvalue weighted by Crippen LogP contribution is -2.47. The van der Waals surface area contributed by atoms with Crippen LogP contribution in [0.3, 0.4) is 0 Å². The van der Waals surface area contributed by atoms with E-state index in [2.05, 4.69) is 5.32 Å². The van der Waals surface area contributed by atoms with E-state index in [0.717, 1.165) is 13.0 Å². The molecule has 2 unspecified atom stereocenters. The molecule has 7 nitrogen and oxygen atoms in total. The number of benzene rings is 2. The van der Waals surface area contributed by atoms with Crippen LogP contribution in [-0.2, 0) is 28.0 Å². The van der Waals surface area contributed by atoms with Gasteiger partial charge in [0, 0.05) is 18.2 Å². The number of aliphatic hydroxyl groups is 1. The largest absolute Gasteiger partial charge is 0.496 e. The number of alkyl halides is 3. The first-order valence-electron chi connectivity index (χ1n) is 10.7. The number of carboxylic acids is 1. The van der Waals surface area contributed by atoms with Crippen molar-refractivity contribution in [1.82, 2.24) is 0 Å². The number of halogens is 3. The number of allylic oxidation sites excluding steroid dienone is 1. The summed E-state index contributed by atoms with van der Waals surface area (Å²) in [6.07, 6.45) is -7.13. The van der Waals surface area contributed by atoms with Crippen molar-refractivity contribution in [3.63, 3.8) is 0 Å². The molecule has 1 heterocycles. The Balaban J connectivity index is 2.18. The van der Waals surface area contributed by atoms with Gasteiger partial charge in [-0.25, -0.2) is 4.79 Å². The van der Waals surface area contributed by atoms with Crippen molar-refractivity contribution < 1.29 is 42.4 Å². The minimum Gasteiger partial charge on any atom is -0.496 e. The van der Waals surface area contributed by atoms with E-state index in [0.29, 0.717) is 11.1 Å². The van der Waals surface area contributed by atoms with Gasteiger partial charge in [-0.05, 0) is 31.4 Å². The lowest BCUT2D eigenvalue weighted by Gasteiger charge is -2.33. The minimum atomic E-state index is -5.04. The Hall–Kier alpha value is -3.53. The van der Waals surface area contributed by atoms with Gasteiger partial charge in [0.1, 0.15) is 23.9 Å². The van der Waals surface area contributed by atoms with E-state index in [9.17, 15) is 33.0 Å². The van der Waals surface area contributed by atoms with Gasteiger partial charge in [0.05, 0.1) is 23.9 Å². The summed E-state index contributed by atoms with van der Waals surface area (Å²) in [6.45, 7) is 2.73. The van der Waals surface area contributed by atoms with E-state index in [1.807, 2.05) is 0 Å². The van der Waals surface area contributed by atoms with Crippen LogP contribution in [0.15, 0.2) is 42.0 Å². The Morgan fingerprint density at radius 1 is 1.29 bits per heavy atom. The molecule has 1 aliphatic heterocycles. The minimum absolute atomic E-state index is 0.0137. The van der Waals surface area contributed by atoms with Crippen LogP contribution in [0.4, 0.5) is 18.9 Å². The highest BCUT2D eigenvalue weighted by molar-refractivity contribution is 6.01. The molecule has 0 bridgehead atoms. The predicted octanol–water partition coefficient (Wildman–Crippen LogP) is 4.15. The van der Waals surface area contributed by atoms with Crippen LogP contribution >= 0.6 is 0 Å². The van der Waals surface area contributed by atoms with Gasteiger partial charge in [0.2, 0.25) is 0 Å². The van der Waals surface area contributed by atoms with Gasteiger partial charge in [-0.3, -0.25) is 4.79 Å². The number of rotatable bonds is 8. The van der Waals surface area contributed by atoms with Crippen molar-refractivity contribution >= 4 is 17.6 Å². The number of carbonyl (C=O) groups is 2. The first-order valence-corrected chi connectivity index (χ1v) is 10.7. The Morgan fingerprint density at radius 2 is 1.91 bits per heavy atom. The second kappa shape index (κ2) is 9.61. The number of anilines is 1. The maximum absolute atomic E-state index is 14.2. The number of carboxylic acid groups (broad SMARTS) is 1. The lowest BCUT2D eigenvalue weighted by atomic mass is 9.74. The summed E-state index contributed by atoms with van der Waals surface area (Å²) in [4.78, 5) is 24.5. The van der Waals surface area contributed by atoms with Gasteiger partial charge in [0.25, 0.3) is 0 Å². The standard InChI is InChI=1S/C25H26F3NO6/c1-13-16-12-35-22(31)18(16)19(29-3)15(20(13)34-4)10-11-17(25(26,27)28)21(30)24(2,23(32)33)14-8-6-5-7-9-14/h5-9,11,21,29-30H,10,12H2,1-4H3,(H,32,33)/b17-11-. The third kappa shape index (κ3) is 4.45. The number of esters is 1. The highest BCUT2D eigenvalue weighted by Gasteiger charge is 2.51. The smallest absolute Gasteiger partial charge is 0.414 e.